The van der Waals surface area contributed by atoms with E-state index in [1.54, 1.807) is 0 Å². The zero-order chi connectivity index (χ0) is 13.3. The first-order valence-electron chi connectivity index (χ1n) is 5.99. The summed E-state index contributed by atoms with van der Waals surface area (Å²) in [5, 5.41) is 0. The Kier molecular flexibility index (Phi) is 3.47. The van der Waals surface area contributed by atoms with Crippen molar-refractivity contribution in [3.63, 3.8) is 0 Å². The predicted octanol–water partition coefficient (Wildman–Crippen LogP) is 0.272. The molecule has 2 rings (SSSR count). The molecule has 6 heteroatoms. The summed E-state index contributed by atoms with van der Waals surface area (Å²) in [7, 11) is 0. The monoisotopic (exact) mass is 268 g/mol. The molecule has 2 aliphatic rings. The number of amides is 1. The van der Waals surface area contributed by atoms with E-state index in [1.807, 2.05) is 0 Å². The lowest BCUT2D eigenvalue weighted by atomic mass is 9.78. The third-order valence-corrected chi connectivity index (χ3v) is 5.14. The fourth-order valence-electron chi connectivity index (χ4n) is 2.56. The van der Waals surface area contributed by atoms with Gasteiger partial charge in [-0.15, -0.1) is 11.8 Å². The molecule has 1 unspecified atom stereocenters. The minimum absolute atomic E-state index is 0.0294. The van der Waals surface area contributed by atoms with Crippen molar-refractivity contribution in [1.82, 2.24) is 0 Å². The topological polar surface area (TPSA) is 103 Å². The number of thioether (sulfide) groups is 1. The summed E-state index contributed by atoms with van der Waals surface area (Å²) < 4.78 is -0.994. The summed E-state index contributed by atoms with van der Waals surface area (Å²) in [4.78, 5) is 35.7. The van der Waals surface area contributed by atoms with Gasteiger partial charge in [0.05, 0.1) is 0 Å². The molecular weight excluding hydrogens is 252 g/mol. The Balaban J connectivity index is 2.41. The summed E-state index contributed by atoms with van der Waals surface area (Å²) in [6.07, 6.45) is 2.91. The van der Waals surface area contributed by atoms with Crippen molar-refractivity contribution in [3.8, 4) is 0 Å². The highest BCUT2D eigenvalue weighted by molar-refractivity contribution is 8.02. The van der Waals surface area contributed by atoms with Crippen molar-refractivity contribution in [1.29, 1.82) is 0 Å². The highest BCUT2D eigenvalue weighted by Gasteiger charge is 2.50. The molecule has 1 aliphatic heterocycles. The lowest BCUT2D eigenvalue weighted by molar-refractivity contribution is -0.130. The SMILES string of the molecule is NC(=O)/C(N)=C1\CCCC2(SCCCC2=O)C1=O. The largest absolute Gasteiger partial charge is 0.394 e. The molecule has 1 saturated carbocycles. The fourth-order valence-corrected chi connectivity index (χ4v) is 4.00. The van der Waals surface area contributed by atoms with Gasteiger partial charge in [0.1, 0.15) is 10.4 Å². The molecule has 1 spiro atoms. The lowest BCUT2D eigenvalue weighted by Gasteiger charge is -2.37. The van der Waals surface area contributed by atoms with Gasteiger partial charge in [-0.2, -0.15) is 0 Å². The molecule has 18 heavy (non-hydrogen) atoms. The number of carbonyl (C=O) groups excluding carboxylic acids is 3. The van der Waals surface area contributed by atoms with E-state index in [0.717, 1.165) is 12.2 Å². The number of nitrogens with two attached hydrogens (primary N) is 2. The van der Waals surface area contributed by atoms with Crippen molar-refractivity contribution in [2.45, 2.75) is 36.9 Å². The number of allylic oxidation sites excluding steroid dienone is 1. The van der Waals surface area contributed by atoms with Gasteiger partial charge in [-0.05, 0) is 31.4 Å². The summed E-state index contributed by atoms with van der Waals surface area (Å²) in [6.45, 7) is 0. The van der Waals surface area contributed by atoms with E-state index in [2.05, 4.69) is 0 Å². The van der Waals surface area contributed by atoms with Gasteiger partial charge in [0.15, 0.2) is 11.6 Å². The number of hydrogen-bond donors (Lipinski definition) is 2. The van der Waals surface area contributed by atoms with Crippen LogP contribution in [0.4, 0.5) is 0 Å². The molecule has 1 heterocycles. The number of hydrogen-bond acceptors (Lipinski definition) is 5. The Morgan fingerprint density at radius 1 is 1.17 bits per heavy atom. The molecule has 0 radical (unpaired) electrons. The van der Waals surface area contributed by atoms with E-state index >= 15 is 0 Å². The average molecular weight is 268 g/mol. The van der Waals surface area contributed by atoms with E-state index in [4.69, 9.17) is 11.5 Å². The molecule has 0 aromatic carbocycles. The smallest absolute Gasteiger partial charge is 0.264 e. The summed E-state index contributed by atoms with van der Waals surface area (Å²) >= 11 is 1.39. The third kappa shape index (κ3) is 1.94. The van der Waals surface area contributed by atoms with Crippen LogP contribution in [-0.2, 0) is 14.4 Å². The molecular formula is C12H16N2O3S. The number of carbonyl (C=O) groups is 3. The molecule has 1 amide bonds. The first-order chi connectivity index (χ1) is 8.49. The molecule has 0 aromatic rings. The second-order valence-electron chi connectivity index (χ2n) is 4.64. The van der Waals surface area contributed by atoms with Crippen LogP contribution in [0.3, 0.4) is 0 Å². The first kappa shape index (κ1) is 13.1. The Morgan fingerprint density at radius 2 is 1.89 bits per heavy atom. The number of rotatable bonds is 1. The highest BCUT2D eigenvalue weighted by atomic mass is 32.2. The van der Waals surface area contributed by atoms with Crippen molar-refractivity contribution in [3.05, 3.63) is 11.3 Å². The van der Waals surface area contributed by atoms with Gasteiger partial charge in [0.2, 0.25) is 0 Å². The molecule has 1 saturated heterocycles. The summed E-state index contributed by atoms with van der Waals surface area (Å²) in [5.74, 6) is -0.317. The molecule has 2 fully saturated rings. The van der Waals surface area contributed by atoms with Crippen LogP contribution in [0.1, 0.15) is 32.1 Å². The Morgan fingerprint density at radius 3 is 2.50 bits per heavy atom. The third-order valence-electron chi connectivity index (χ3n) is 3.53. The van der Waals surface area contributed by atoms with E-state index in [-0.39, 0.29) is 22.8 Å². The van der Waals surface area contributed by atoms with Crippen molar-refractivity contribution >= 4 is 29.2 Å². The average Bonchev–Trinajstić information content (AvgIpc) is 2.35. The van der Waals surface area contributed by atoms with Gasteiger partial charge in [-0.25, -0.2) is 0 Å². The van der Waals surface area contributed by atoms with Crippen molar-refractivity contribution in [2.24, 2.45) is 11.5 Å². The van der Waals surface area contributed by atoms with Crippen LogP contribution < -0.4 is 11.5 Å². The number of primary amides is 1. The molecule has 5 nitrogen and oxygen atoms in total. The maximum absolute atomic E-state index is 12.5. The zero-order valence-corrected chi connectivity index (χ0v) is 10.8. The van der Waals surface area contributed by atoms with Crippen LogP contribution in [0.5, 0.6) is 0 Å². The molecule has 1 atom stereocenters. The van der Waals surface area contributed by atoms with Gasteiger partial charge in [-0.3, -0.25) is 14.4 Å². The van der Waals surface area contributed by atoms with Gasteiger partial charge < -0.3 is 11.5 Å². The summed E-state index contributed by atoms with van der Waals surface area (Å²) in [5.41, 5.74) is 10.8. The standard InChI is InChI=1S/C12H16N2O3S/c13-9(11(14)17)7-3-1-5-12(10(7)16)8(15)4-2-6-18-12/h1-6,13H2,(H2,14,17)/b9-7-. The molecule has 0 aromatic heterocycles. The Bertz CT molecular complexity index is 454. The normalized spacial score (nSPS) is 31.6. The first-order valence-corrected chi connectivity index (χ1v) is 6.98. The molecule has 0 bridgehead atoms. The van der Waals surface area contributed by atoms with Crippen LogP contribution in [0.25, 0.3) is 0 Å². The van der Waals surface area contributed by atoms with Gasteiger partial charge >= 0.3 is 0 Å². The highest BCUT2D eigenvalue weighted by Crippen LogP contribution is 2.44. The van der Waals surface area contributed by atoms with Crippen molar-refractivity contribution in [2.75, 3.05) is 5.75 Å². The van der Waals surface area contributed by atoms with E-state index < -0.39 is 10.7 Å². The van der Waals surface area contributed by atoms with Crippen LogP contribution in [0.2, 0.25) is 0 Å². The van der Waals surface area contributed by atoms with E-state index in [1.165, 1.54) is 11.8 Å². The van der Waals surface area contributed by atoms with Crippen LogP contribution in [0, 0.1) is 0 Å². The maximum Gasteiger partial charge on any atom is 0.264 e. The van der Waals surface area contributed by atoms with Gasteiger partial charge in [0.25, 0.3) is 5.91 Å². The minimum Gasteiger partial charge on any atom is -0.394 e. The predicted molar refractivity (Wildman–Crippen MR) is 68.7 cm³/mol. The van der Waals surface area contributed by atoms with Gasteiger partial charge in [-0.1, -0.05) is 0 Å². The number of Topliss-reactive ketones (excluding diaryl/α,β-unsaturated/α-hetero) is 2. The van der Waals surface area contributed by atoms with Gasteiger partial charge in [0, 0.05) is 12.0 Å². The van der Waals surface area contributed by atoms with Crippen LogP contribution >= 0.6 is 11.8 Å². The lowest BCUT2D eigenvalue weighted by Crippen LogP contribution is -2.49. The fraction of sp³-hybridized carbons (Fsp3) is 0.583. The molecule has 98 valence electrons. The second-order valence-corrected chi connectivity index (χ2v) is 6.04. The zero-order valence-electron chi connectivity index (χ0n) is 10.0. The Hall–Kier alpha value is -1.30. The van der Waals surface area contributed by atoms with Crippen molar-refractivity contribution < 1.29 is 14.4 Å². The minimum atomic E-state index is -0.994. The quantitative estimate of drug-likeness (QED) is 0.525. The summed E-state index contributed by atoms with van der Waals surface area (Å²) in [6, 6.07) is 0. The second kappa shape index (κ2) is 4.76. The van der Waals surface area contributed by atoms with E-state index in [9.17, 15) is 14.4 Å². The Labute approximate surface area is 109 Å². The van der Waals surface area contributed by atoms with Crippen LogP contribution in [0.15, 0.2) is 11.3 Å². The maximum atomic E-state index is 12.5. The van der Waals surface area contributed by atoms with Crippen LogP contribution in [-0.4, -0.2) is 28.0 Å². The molecule has 1 aliphatic carbocycles. The van der Waals surface area contributed by atoms with E-state index in [0.29, 0.717) is 25.7 Å². The number of ketones is 2. The molecule has 4 N–H and O–H groups in total.